The fraction of sp³-hybridized carbons (Fsp3) is 0.562. The monoisotopic (exact) mass is 308 g/mol. The molecule has 2 aliphatic rings. The van der Waals surface area contributed by atoms with Crippen molar-refractivity contribution in [2.45, 2.75) is 50.7 Å². The maximum absolute atomic E-state index is 12.3. The smallest absolute Gasteiger partial charge is 0.338 e. The molecule has 0 spiro atoms. The van der Waals surface area contributed by atoms with Crippen molar-refractivity contribution in [2.75, 3.05) is 6.61 Å². The van der Waals surface area contributed by atoms with Crippen LogP contribution in [0.1, 0.15) is 30.6 Å². The molecule has 0 unspecified atom stereocenters. The predicted molar refractivity (Wildman–Crippen MR) is 76.0 cm³/mol. The molecule has 2 heterocycles. The van der Waals surface area contributed by atoms with Gasteiger partial charge in [-0.1, -0.05) is 18.2 Å². The predicted octanol–water partition coefficient (Wildman–Crippen LogP) is 1.47. The minimum Gasteiger partial charge on any atom is -0.453 e. The van der Waals surface area contributed by atoms with E-state index in [4.69, 9.17) is 24.1 Å². The Morgan fingerprint density at radius 2 is 2.00 bits per heavy atom. The van der Waals surface area contributed by atoms with Gasteiger partial charge >= 0.3 is 5.97 Å². The number of fused-ring (bicyclic) bond motifs is 1. The zero-order valence-electron chi connectivity index (χ0n) is 12.6. The Morgan fingerprint density at radius 3 is 2.68 bits per heavy atom. The SMILES string of the molecule is CC1(C)O[C@H]2O[C@H](CCO)[C@H](OC(=O)c3ccccc3)[C@H]2O1. The van der Waals surface area contributed by atoms with Crippen LogP contribution in [-0.2, 0) is 18.9 Å². The van der Waals surface area contributed by atoms with Gasteiger partial charge in [0.05, 0.1) is 5.56 Å². The van der Waals surface area contributed by atoms with Gasteiger partial charge in [0.25, 0.3) is 0 Å². The molecule has 0 radical (unpaired) electrons. The summed E-state index contributed by atoms with van der Waals surface area (Å²) < 4.78 is 22.8. The number of ether oxygens (including phenoxy) is 4. The van der Waals surface area contributed by atoms with Crippen LogP contribution in [-0.4, -0.2) is 48.1 Å². The number of esters is 1. The first-order chi connectivity index (χ1) is 10.5. The molecule has 2 fully saturated rings. The first kappa shape index (κ1) is 15.4. The average molecular weight is 308 g/mol. The van der Waals surface area contributed by atoms with Crippen molar-refractivity contribution in [1.29, 1.82) is 0 Å². The molecule has 120 valence electrons. The zero-order valence-corrected chi connectivity index (χ0v) is 12.6. The molecule has 3 rings (SSSR count). The third-order valence-corrected chi connectivity index (χ3v) is 3.75. The number of aliphatic hydroxyl groups excluding tert-OH is 1. The summed E-state index contributed by atoms with van der Waals surface area (Å²) in [6.45, 7) is 3.50. The van der Waals surface area contributed by atoms with Crippen molar-refractivity contribution in [3.63, 3.8) is 0 Å². The molecule has 0 aliphatic carbocycles. The third kappa shape index (κ3) is 3.01. The van der Waals surface area contributed by atoms with E-state index >= 15 is 0 Å². The number of carbonyl (C=O) groups excluding carboxylic acids is 1. The van der Waals surface area contributed by atoms with Crippen LogP contribution in [0.5, 0.6) is 0 Å². The lowest BCUT2D eigenvalue weighted by Crippen LogP contribution is -2.38. The molecule has 0 bridgehead atoms. The number of carbonyl (C=O) groups is 1. The van der Waals surface area contributed by atoms with Crippen LogP contribution in [0.3, 0.4) is 0 Å². The van der Waals surface area contributed by atoms with Crippen LogP contribution in [0.25, 0.3) is 0 Å². The molecule has 2 saturated heterocycles. The van der Waals surface area contributed by atoms with E-state index in [1.807, 2.05) is 6.07 Å². The van der Waals surface area contributed by atoms with Crippen molar-refractivity contribution < 1.29 is 28.8 Å². The number of rotatable bonds is 4. The summed E-state index contributed by atoms with van der Waals surface area (Å²) in [5.41, 5.74) is 0.465. The van der Waals surface area contributed by atoms with Crippen molar-refractivity contribution in [2.24, 2.45) is 0 Å². The summed E-state index contributed by atoms with van der Waals surface area (Å²) in [6.07, 6.45) is -1.76. The van der Waals surface area contributed by atoms with Gasteiger partial charge in [0.2, 0.25) is 0 Å². The summed E-state index contributed by atoms with van der Waals surface area (Å²) in [5.74, 6) is -1.22. The Morgan fingerprint density at radius 1 is 1.27 bits per heavy atom. The van der Waals surface area contributed by atoms with E-state index in [1.54, 1.807) is 38.1 Å². The molecule has 4 atom stereocenters. The third-order valence-electron chi connectivity index (χ3n) is 3.75. The van der Waals surface area contributed by atoms with Gasteiger partial charge in [-0.3, -0.25) is 0 Å². The molecular weight excluding hydrogens is 288 g/mol. The Labute approximate surface area is 128 Å². The van der Waals surface area contributed by atoms with Gasteiger partial charge < -0.3 is 24.1 Å². The fourth-order valence-corrected chi connectivity index (χ4v) is 2.81. The molecule has 0 saturated carbocycles. The second-order valence-electron chi connectivity index (χ2n) is 5.89. The van der Waals surface area contributed by atoms with Crippen molar-refractivity contribution in [3.8, 4) is 0 Å². The van der Waals surface area contributed by atoms with Gasteiger partial charge in [-0.05, 0) is 26.0 Å². The minimum atomic E-state index is -0.781. The molecule has 6 nitrogen and oxygen atoms in total. The number of hydrogen-bond acceptors (Lipinski definition) is 6. The van der Waals surface area contributed by atoms with Crippen LogP contribution < -0.4 is 0 Å². The second kappa shape index (κ2) is 5.96. The van der Waals surface area contributed by atoms with Gasteiger partial charge in [0.1, 0.15) is 6.10 Å². The van der Waals surface area contributed by atoms with Gasteiger partial charge in [0.15, 0.2) is 24.3 Å². The number of hydrogen-bond donors (Lipinski definition) is 1. The Kier molecular flexibility index (Phi) is 4.18. The number of aliphatic hydroxyl groups is 1. The van der Waals surface area contributed by atoms with Crippen LogP contribution in [0.2, 0.25) is 0 Å². The highest BCUT2D eigenvalue weighted by atomic mass is 16.8. The van der Waals surface area contributed by atoms with Gasteiger partial charge in [0, 0.05) is 13.0 Å². The van der Waals surface area contributed by atoms with Crippen molar-refractivity contribution in [1.82, 2.24) is 0 Å². The van der Waals surface area contributed by atoms with Crippen LogP contribution in [0.15, 0.2) is 30.3 Å². The Balaban J connectivity index is 1.75. The highest BCUT2D eigenvalue weighted by Crippen LogP contribution is 2.39. The van der Waals surface area contributed by atoms with Crippen LogP contribution >= 0.6 is 0 Å². The van der Waals surface area contributed by atoms with Gasteiger partial charge in [-0.2, -0.15) is 0 Å². The molecule has 22 heavy (non-hydrogen) atoms. The van der Waals surface area contributed by atoms with E-state index in [9.17, 15) is 4.79 Å². The van der Waals surface area contributed by atoms with E-state index in [1.165, 1.54) is 0 Å². The molecule has 0 aromatic heterocycles. The summed E-state index contributed by atoms with van der Waals surface area (Å²) in [6, 6.07) is 8.75. The van der Waals surface area contributed by atoms with E-state index in [2.05, 4.69) is 0 Å². The van der Waals surface area contributed by atoms with Gasteiger partial charge in [-0.25, -0.2) is 4.79 Å². The fourth-order valence-electron chi connectivity index (χ4n) is 2.81. The Bertz CT molecular complexity index is 529. The summed E-state index contributed by atoms with van der Waals surface area (Å²) in [5, 5.41) is 9.16. The molecule has 6 heteroatoms. The average Bonchev–Trinajstić information content (AvgIpc) is 2.94. The molecule has 1 N–H and O–H groups in total. The topological polar surface area (TPSA) is 74.2 Å². The van der Waals surface area contributed by atoms with E-state index in [0.29, 0.717) is 12.0 Å². The molecule has 1 aromatic carbocycles. The van der Waals surface area contributed by atoms with Crippen LogP contribution in [0, 0.1) is 0 Å². The van der Waals surface area contributed by atoms with Crippen molar-refractivity contribution >= 4 is 5.97 Å². The maximum atomic E-state index is 12.3. The molecule has 2 aliphatic heterocycles. The molecular formula is C16H20O6. The second-order valence-corrected chi connectivity index (χ2v) is 5.89. The highest BCUT2D eigenvalue weighted by Gasteiger charge is 2.56. The maximum Gasteiger partial charge on any atom is 0.338 e. The van der Waals surface area contributed by atoms with E-state index in [-0.39, 0.29) is 6.61 Å². The normalized spacial score (nSPS) is 32.7. The number of benzene rings is 1. The highest BCUT2D eigenvalue weighted by molar-refractivity contribution is 5.89. The first-order valence-electron chi connectivity index (χ1n) is 7.38. The molecule has 1 aromatic rings. The van der Waals surface area contributed by atoms with Crippen LogP contribution in [0.4, 0.5) is 0 Å². The van der Waals surface area contributed by atoms with E-state index < -0.39 is 36.4 Å². The molecule has 0 amide bonds. The Hall–Kier alpha value is -1.47. The zero-order chi connectivity index (χ0) is 15.7. The summed E-state index contributed by atoms with van der Waals surface area (Å²) in [4.78, 5) is 12.3. The summed E-state index contributed by atoms with van der Waals surface area (Å²) >= 11 is 0. The van der Waals surface area contributed by atoms with E-state index in [0.717, 1.165) is 0 Å². The lowest BCUT2D eigenvalue weighted by molar-refractivity contribution is -0.216. The first-order valence-corrected chi connectivity index (χ1v) is 7.38. The largest absolute Gasteiger partial charge is 0.453 e. The van der Waals surface area contributed by atoms with Crippen molar-refractivity contribution in [3.05, 3.63) is 35.9 Å². The minimum absolute atomic E-state index is 0.0626. The standard InChI is InChI=1S/C16H20O6/c1-16(2)21-13-12(11(8-9-17)19-15(13)22-16)20-14(18)10-6-4-3-5-7-10/h3-7,11-13,15,17H,8-9H2,1-2H3/t11-,12+,13-,15-/m1/s1. The summed E-state index contributed by atoms with van der Waals surface area (Å²) in [7, 11) is 0. The lowest BCUT2D eigenvalue weighted by atomic mass is 10.1. The van der Waals surface area contributed by atoms with Gasteiger partial charge in [-0.15, -0.1) is 0 Å². The quantitative estimate of drug-likeness (QED) is 0.849. The lowest BCUT2D eigenvalue weighted by Gasteiger charge is -2.25.